The normalized spacial score (nSPS) is 23.0. The van der Waals surface area contributed by atoms with Crippen LogP contribution in [0.2, 0.25) is 0 Å². The molecule has 2 heterocycles. The molecule has 0 saturated carbocycles. The molecule has 4 nitrogen and oxygen atoms in total. The first-order valence-corrected chi connectivity index (χ1v) is 7.53. The van der Waals surface area contributed by atoms with Gasteiger partial charge in [0.25, 0.3) is 0 Å². The molecule has 2 N–H and O–H groups in total. The van der Waals surface area contributed by atoms with Gasteiger partial charge in [0.2, 0.25) is 5.91 Å². The number of benzene rings is 1. The number of fused-ring (bicyclic) bond motifs is 1. The zero-order chi connectivity index (χ0) is 14.1. The zero-order valence-electron chi connectivity index (χ0n) is 12.1. The van der Waals surface area contributed by atoms with Crippen LogP contribution in [0.4, 0.5) is 5.69 Å². The van der Waals surface area contributed by atoms with Crippen LogP contribution >= 0.6 is 0 Å². The molecule has 0 spiro atoms. The molecular formula is C16H23N3O. The number of carbonyl (C=O) groups is 1. The van der Waals surface area contributed by atoms with Gasteiger partial charge < -0.3 is 15.5 Å². The number of likely N-dealkylation sites (tertiary alicyclic amines) is 1. The summed E-state index contributed by atoms with van der Waals surface area (Å²) in [5.41, 5.74) is 8.48. The highest BCUT2D eigenvalue weighted by molar-refractivity contribution is 5.82. The maximum absolute atomic E-state index is 12.5. The molecule has 1 fully saturated rings. The molecule has 20 heavy (non-hydrogen) atoms. The number of hydrogen-bond acceptors (Lipinski definition) is 3. The van der Waals surface area contributed by atoms with Crippen molar-refractivity contribution in [3.63, 3.8) is 0 Å². The van der Waals surface area contributed by atoms with Crippen LogP contribution in [0.15, 0.2) is 24.3 Å². The minimum absolute atomic E-state index is 0.237. The van der Waals surface area contributed by atoms with Crippen molar-refractivity contribution in [1.29, 1.82) is 0 Å². The number of piperidine rings is 1. The Balaban J connectivity index is 1.67. The minimum atomic E-state index is 0.237. The Morgan fingerprint density at radius 2 is 2.00 bits per heavy atom. The van der Waals surface area contributed by atoms with Crippen LogP contribution in [0, 0.1) is 0 Å². The van der Waals surface area contributed by atoms with Gasteiger partial charge in [0.05, 0.1) is 6.54 Å². The topological polar surface area (TPSA) is 49.6 Å². The van der Waals surface area contributed by atoms with Gasteiger partial charge in [-0.2, -0.15) is 0 Å². The lowest BCUT2D eigenvalue weighted by Crippen LogP contribution is -2.47. The van der Waals surface area contributed by atoms with Crippen LogP contribution in [-0.2, 0) is 11.2 Å². The molecule has 4 heteroatoms. The van der Waals surface area contributed by atoms with Crippen LogP contribution in [0.5, 0.6) is 0 Å². The fourth-order valence-corrected chi connectivity index (χ4v) is 3.27. The number of nitrogens with two attached hydrogens (primary N) is 1. The Hall–Kier alpha value is -1.55. The standard InChI is InChI=1S/C16H23N3O/c1-12-10-13-4-2-3-5-15(13)19(12)11-16(20)18-8-6-14(17)7-9-18/h2-5,12,14H,6-11,17H2,1H3. The smallest absolute Gasteiger partial charge is 0.242 e. The van der Waals surface area contributed by atoms with E-state index in [2.05, 4.69) is 30.0 Å². The Kier molecular flexibility index (Phi) is 3.66. The van der Waals surface area contributed by atoms with Gasteiger partial charge in [-0.1, -0.05) is 18.2 Å². The largest absolute Gasteiger partial charge is 0.359 e. The summed E-state index contributed by atoms with van der Waals surface area (Å²) >= 11 is 0. The molecule has 108 valence electrons. The summed E-state index contributed by atoms with van der Waals surface area (Å²) in [6.45, 7) is 4.31. The molecule has 2 aliphatic rings. The second kappa shape index (κ2) is 5.44. The Morgan fingerprint density at radius 3 is 2.75 bits per heavy atom. The van der Waals surface area contributed by atoms with Gasteiger partial charge in [-0.15, -0.1) is 0 Å². The van der Waals surface area contributed by atoms with Gasteiger partial charge in [-0.05, 0) is 37.8 Å². The van der Waals surface area contributed by atoms with Crippen molar-refractivity contribution in [2.45, 2.75) is 38.3 Å². The summed E-state index contributed by atoms with van der Waals surface area (Å²) in [6, 6.07) is 9.08. The molecule has 0 radical (unpaired) electrons. The average molecular weight is 273 g/mol. The maximum atomic E-state index is 12.5. The predicted molar refractivity (Wildman–Crippen MR) is 80.7 cm³/mol. The third-order valence-corrected chi connectivity index (χ3v) is 4.55. The van der Waals surface area contributed by atoms with E-state index in [9.17, 15) is 4.79 Å². The molecule has 0 aromatic heterocycles. The first kappa shape index (κ1) is 13.4. The summed E-state index contributed by atoms with van der Waals surface area (Å²) < 4.78 is 0. The fraction of sp³-hybridized carbons (Fsp3) is 0.562. The van der Waals surface area contributed by atoms with Crippen molar-refractivity contribution >= 4 is 11.6 Å². The van der Waals surface area contributed by atoms with E-state index in [4.69, 9.17) is 5.73 Å². The lowest BCUT2D eigenvalue weighted by Gasteiger charge is -2.33. The number of para-hydroxylation sites is 1. The van der Waals surface area contributed by atoms with Gasteiger partial charge in [0.1, 0.15) is 0 Å². The molecule has 0 aliphatic carbocycles. The average Bonchev–Trinajstić information content (AvgIpc) is 2.76. The van der Waals surface area contributed by atoms with Crippen LogP contribution in [0.3, 0.4) is 0 Å². The molecule has 1 unspecified atom stereocenters. The third kappa shape index (κ3) is 2.52. The fourth-order valence-electron chi connectivity index (χ4n) is 3.27. The summed E-state index contributed by atoms with van der Waals surface area (Å²) in [6.07, 6.45) is 2.89. The lowest BCUT2D eigenvalue weighted by atomic mass is 10.1. The van der Waals surface area contributed by atoms with Gasteiger partial charge in [0, 0.05) is 30.9 Å². The van der Waals surface area contributed by atoms with Crippen LogP contribution in [0.25, 0.3) is 0 Å². The monoisotopic (exact) mass is 273 g/mol. The third-order valence-electron chi connectivity index (χ3n) is 4.55. The number of nitrogens with zero attached hydrogens (tertiary/aromatic N) is 2. The molecule has 1 amide bonds. The summed E-state index contributed by atoms with van der Waals surface area (Å²) in [7, 11) is 0. The SMILES string of the molecule is CC1Cc2ccccc2N1CC(=O)N1CCC(N)CC1. The van der Waals surface area contributed by atoms with Crippen molar-refractivity contribution < 1.29 is 4.79 Å². The molecular weight excluding hydrogens is 250 g/mol. The highest BCUT2D eigenvalue weighted by atomic mass is 16.2. The van der Waals surface area contributed by atoms with Crippen molar-refractivity contribution in [3.8, 4) is 0 Å². The highest BCUT2D eigenvalue weighted by Gasteiger charge is 2.29. The number of amides is 1. The molecule has 1 atom stereocenters. The molecule has 1 saturated heterocycles. The van der Waals surface area contributed by atoms with Crippen molar-refractivity contribution in [1.82, 2.24) is 4.90 Å². The lowest BCUT2D eigenvalue weighted by molar-refractivity contribution is -0.130. The van der Waals surface area contributed by atoms with E-state index in [0.29, 0.717) is 12.6 Å². The number of carbonyl (C=O) groups excluding carboxylic acids is 1. The van der Waals surface area contributed by atoms with E-state index in [1.165, 1.54) is 11.3 Å². The van der Waals surface area contributed by atoms with Crippen LogP contribution in [0.1, 0.15) is 25.3 Å². The molecule has 2 aliphatic heterocycles. The van der Waals surface area contributed by atoms with Crippen molar-refractivity contribution in [2.75, 3.05) is 24.5 Å². The molecule has 1 aromatic carbocycles. The van der Waals surface area contributed by atoms with Crippen molar-refractivity contribution in [3.05, 3.63) is 29.8 Å². The number of rotatable bonds is 2. The van der Waals surface area contributed by atoms with Gasteiger partial charge in [-0.25, -0.2) is 0 Å². The van der Waals surface area contributed by atoms with E-state index in [1.54, 1.807) is 0 Å². The summed E-state index contributed by atoms with van der Waals surface area (Å²) in [5, 5.41) is 0. The second-order valence-electron chi connectivity index (χ2n) is 6.03. The number of hydrogen-bond donors (Lipinski definition) is 1. The van der Waals surface area contributed by atoms with Gasteiger partial charge in [0.15, 0.2) is 0 Å². The van der Waals surface area contributed by atoms with E-state index in [1.807, 2.05) is 11.0 Å². The second-order valence-corrected chi connectivity index (χ2v) is 6.03. The first-order valence-electron chi connectivity index (χ1n) is 7.53. The van der Waals surface area contributed by atoms with Gasteiger partial charge >= 0.3 is 0 Å². The van der Waals surface area contributed by atoms with Crippen LogP contribution < -0.4 is 10.6 Å². The van der Waals surface area contributed by atoms with Gasteiger partial charge in [-0.3, -0.25) is 4.79 Å². The summed E-state index contributed by atoms with van der Waals surface area (Å²) in [5.74, 6) is 0.237. The van der Waals surface area contributed by atoms with E-state index >= 15 is 0 Å². The molecule has 3 rings (SSSR count). The van der Waals surface area contributed by atoms with Crippen molar-refractivity contribution in [2.24, 2.45) is 5.73 Å². The van der Waals surface area contributed by atoms with E-state index in [0.717, 1.165) is 32.4 Å². The van der Waals surface area contributed by atoms with Crippen LogP contribution in [-0.4, -0.2) is 42.5 Å². The molecule has 1 aromatic rings. The predicted octanol–water partition coefficient (Wildman–Crippen LogP) is 1.39. The quantitative estimate of drug-likeness (QED) is 0.886. The van der Waals surface area contributed by atoms with E-state index in [-0.39, 0.29) is 11.9 Å². The Labute approximate surface area is 120 Å². The Morgan fingerprint density at radius 1 is 1.30 bits per heavy atom. The Bertz CT molecular complexity index is 494. The molecule has 0 bridgehead atoms. The zero-order valence-corrected chi connectivity index (χ0v) is 12.1. The maximum Gasteiger partial charge on any atom is 0.242 e. The highest BCUT2D eigenvalue weighted by Crippen LogP contribution is 2.31. The van der Waals surface area contributed by atoms with E-state index < -0.39 is 0 Å². The summed E-state index contributed by atoms with van der Waals surface area (Å²) in [4.78, 5) is 16.7. The minimum Gasteiger partial charge on any atom is -0.359 e. The number of anilines is 1. The first-order chi connectivity index (χ1) is 9.65.